The molecule has 0 aliphatic rings. The summed E-state index contributed by atoms with van der Waals surface area (Å²) in [6, 6.07) is 0. The van der Waals surface area contributed by atoms with Gasteiger partial charge in [0.05, 0.1) is 13.2 Å². The maximum atomic E-state index is 12.1. The molecule has 3 N–H and O–H groups in total. The predicted octanol–water partition coefficient (Wildman–Crippen LogP) is 14.3. The minimum Gasteiger partial charge on any atom is -0.463 e. The smallest absolute Gasteiger partial charge is 0.463 e. The van der Waals surface area contributed by atoms with Crippen LogP contribution in [0.25, 0.3) is 0 Å². The van der Waals surface area contributed by atoms with Gasteiger partial charge < -0.3 is 20.1 Å². The van der Waals surface area contributed by atoms with Gasteiger partial charge in [0.2, 0.25) is 5.91 Å². The number of ether oxygens (including phenoxy) is 1. The van der Waals surface area contributed by atoms with Crippen molar-refractivity contribution in [2.45, 2.75) is 232 Å². The molecule has 0 aromatic rings. The van der Waals surface area contributed by atoms with Gasteiger partial charge in [0, 0.05) is 19.4 Å². The van der Waals surface area contributed by atoms with E-state index in [0.29, 0.717) is 6.42 Å². The summed E-state index contributed by atoms with van der Waals surface area (Å²) >= 11 is 0. The number of hydrogen-bond acceptors (Lipinski definition) is 7. The highest BCUT2D eigenvalue weighted by Crippen LogP contribution is 2.42. The first-order valence-corrected chi connectivity index (χ1v) is 26.1. The SMILES string of the molecule is CCCCC/C=C\C/C=C\CCCCCCCCCCCCCCCC(=O)NCCOP(=O)(O)OCC(O)COC(=O)CCCCCCC/C=C\C/C=C\CCCCCC. The van der Waals surface area contributed by atoms with Crippen LogP contribution in [0.15, 0.2) is 48.6 Å². The Bertz CT molecular complexity index is 1120. The van der Waals surface area contributed by atoms with E-state index < -0.39 is 26.5 Å². The fraction of sp³-hybridized carbons (Fsp3) is 0.800. The minimum absolute atomic E-state index is 0.0792. The number of nitrogens with one attached hydrogen (secondary N) is 1. The third kappa shape index (κ3) is 47.0. The van der Waals surface area contributed by atoms with Gasteiger partial charge in [-0.25, -0.2) is 4.57 Å². The number of phosphoric acid groups is 1. The molecule has 9 nitrogen and oxygen atoms in total. The van der Waals surface area contributed by atoms with E-state index in [0.717, 1.165) is 70.6 Å². The van der Waals surface area contributed by atoms with Crippen molar-refractivity contribution in [1.82, 2.24) is 5.32 Å². The lowest BCUT2D eigenvalue weighted by Gasteiger charge is -2.15. The largest absolute Gasteiger partial charge is 0.472 e. The second-order valence-corrected chi connectivity index (χ2v) is 17.9. The summed E-state index contributed by atoms with van der Waals surface area (Å²) in [7, 11) is -4.42. The lowest BCUT2D eigenvalue weighted by molar-refractivity contribution is -0.147. The molecule has 0 bridgehead atoms. The Morgan fingerprint density at radius 2 is 0.900 bits per heavy atom. The molecule has 0 aromatic carbocycles. The van der Waals surface area contributed by atoms with Crippen molar-refractivity contribution in [1.29, 1.82) is 0 Å². The normalized spacial score (nSPS) is 13.6. The van der Waals surface area contributed by atoms with Crippen molar-refractivity contribution in [3.8, 4) is 0 Å². The van der Waals surface area contributed by atoms with Crippen LogP contribution in [0.1, 0.15) is 226 Å². The van der Waals surface area contributed by atoms with Gasteiger partial charge >= 0.3 is 13.8 Å². The van der Waals surface area contributed by atoms with Crippen molar-refractivity contribution >= 4 is 19.7 Å². The summed E-state index contributed by atoms with van der Waals surface area (Å²) in [6.45, 7) is 3.51. The molecule has 0 aliphatic heterocycles. The Morgan fingerprint density at radius 3 is 1.37 bits per heavy atom. The molecular formula is C50H92NO8P. The average molecular weight is 866 g/mol. The van der Waals surface area contributed by atoms with Crippen molar-refractivity contribution in [3.63, 3.8) is 0 Å². The summed E-state index contributed by atoms with van der Waals surface area (Å²) in [5.41, 5.74) is 0. The highest BCUT2D eigenvalue weighted by molar-refractivity contribution is 7.47. The maximum absolute atomic E-state index is 12.1. The molecule has 0 fully saturated rings. The van der Waals surface area contributed by atoms with Gasteiger partial charge in [0.25, 0.3) is 0 Å². The van der Waals surface area contributed by atoms with Crippen LogP contribution in [-0.4, -0.2) is 54.3 Å². The van der Waals surface area contributed by atoms with Gasteiger partial charge in [-0.15, -0.1) is 0 Å². The van der Waals surface area contributed by atoms with Crippen LogP contribution in [0.4, 0.5) is 0 Å². The van der Waals surface area contributed by atoms with Gasteiger partial charge in [-0.05, 0) is 77.0 Å². The number of carbonyl (C=O) groups excluding carboxylic acids is 2. The number of esters is 1. The Labute approximate surface area is 368 Å². The molecule has 0 saturated carbocycles. The monoisotopic (exact) mass is 866 g/mol. The second kappa shape index (κ2) is 46.5. The summed E-state index contributed by atoms with van der Waals surface area (Å²) < 4.78 is 26.9. The number of amides is 1. The quantitative estimate of drug-likeness (QED) is 0.0239. The molecule has 0 heterocycles. The van der Waals surface area contributed by atoms with E-state index in [1.54, 1.807) is 0 Å². The highest BCUT2D eigenvalue weighted by Gasteiger charge is 2.23. The third-order valence-corrected chi connectivity index (χ3v) is 11.5. The van der Waals surface area contributed by atoms with E-state index in [4.69, 9.17) is 13.8 Å². The van der Waals surface area contributed by atoms with E-state index >= 15 is 0 Å². The lowest BCUT2D eigenvalue weighted by atomic mass is 10.0. The zero-order valence-corrected chi connectivity index (χ0v) is 39.5. The number of phosphoric ester groups is 1. The number of rotatable bonds is 46. The Balaban J connectivity index is 3.57. The predicted molar refractivity (Wildman–Crippen MR) is 252 cm³/mol. The zero-order chi connectivity index (χ0) is 43.9. The summed E-state index contributed by atoms with van der Waals surface area (Å²) in [6.07, 6.45) is 54.7. The van der Waals surface area contributed by atoms with Crippen LogP contribution in [0.2, 0.25) is 0 Å². The summed E-state index contributed by atoms with van der Waals surface area (Å²) in [5, 5.41) is 12.7. The molecule has 10 heteroatoms. The molecule has 350 valence electrons. The number of unbranched alkanes of at least 4 members (excludes halogenated alkanes) is 25. The van der Waals surface area contributed by atoms with Gasteiger partial charge in [-0.1, -0.05) is 184 Å². The van der Waals surface area contributed by atoms with Gasteiger partial charge in [0.1, 0.15) is 12.7 Å². The second-order valence-electron chi connectivity index (χ2n) is 16.4. The summed E-state index contributed by atoms with van der Waals surface area (Å²) in [4.78, 5) is 34.0. The first-order valence-electron chi connectivity index (χ1n) is 24.6. The fourth-order valence-electron chi connectivity index (χ4n) is 6.74. The van der Waals surface area contributed by atoms with E-state index in [1.807, 2.05) is 0 Å². The molecule has 0 aromatic heterocycles. The zero-order valence-electron chi connectivity index (χ0n) is 38.7. The van der Waals surface area contributed by atoms with E-state index in [2.05, 4.69) is 67.8 Å². The molecule has 0 radical (unpaired) electrons. The first-order chi connectivity index (χ1) is 29.3. The Hall–Kier alpha value is -2.03. The van der Waals surface area contributed by atoms with Crippen molar-refractivity contribution in [2.75, 3.05) is 26.4 Å². The van der Waals surface area contributed by atoms with Crippen molar-refractivity contribution in [2.24, 2.45) is 0 Å². The maximum Gasteiger partial charge on any atom is 0.472 e. The molecule has 60 heavy (non-hydrogen) atoms. The highest BCUT2D eigenvalue weighted by atomic mass is 31.2. The standard InChI is InChI=1S/C50H92NO8P/c1-3-5-7-9-11-13-15-17-19-21-22-23-24-25-26-27-28-30-32-34-36-38-40-42-49(53)51-44-45-58-60(55,56)59-47-48(52)46-57-50(54)43-41-39-37-35-33-31-29-20-18-16-14-12-10-8-6-4-2/h11,13-14,16-17,19-20,29,48,52H,3-10,12,15,18,21-28,30-47H2,1-2H3,(H,51,53)(H,55,56)/b13-11-,16-14-,19-17-,29-20-. The van der Waals surface area contributed by atoms with Gasteiger partial charge in [-0.3, -0.25) is 18.6 Å². The van der Waals surface area contributed by atoms with Crippen LogP contribution >= 0.6 is 7.82 Å². The Kier molecular flexibility index (Phi) is 44.9. The molecule has 0 saturated heterocycles. The molecule has 0 aliphatic carbocycles. The fourth-order valence-corrected chi connectivity index (χ4v) is 7.49. The molecule has 2 unspecified atom stereocenters. The lowest BCUT2D eigenvalue weighted by Crippen LogP contribution is -2.27. The minimum atomic E-state index is -4.42. The van der Waals surface area contributed by atoms with Crippen LogP contribution in [0.3, 0.4) is 0 Å². The number of aliphatic hydroxyl groups is 1. The van der Waals surface area contributed by atoms with Crippen LogP contribution in [-0.2, 0) is 27.9 Å². The number of carbonyl (C=O) groups is 2. The first kappa shape index (κ1) is 58.0. The topological polar surface area (TPSA) is 131 Å². The molecular weight excluding hydrogens is 774 g/mol. The number of allylic oxidation sites excluding steroid dienone is 8. The number of aliphatic hydroxyl groups excluding tert-OH is 1. The summed E-state index contributed by atoms with van der Waals surface area (Å²) in [5.74, 6) is -0.528. The third-order valence-electron chi connectivity index (χ3n) is 10.5. The van der Waals surface area contributed by atoms with Crippen molar-refractivity contribution < 1.29 is 37.9 Å². The molecule has 1 amide bonds. The number of hydrogen-bond donors (Lipinski definition) is 3. The van der Waals surface area contributed by atoms with E-state index in [1.165, 1.54) is 128 Å². The van der Waals surface area contributed by atoms with Gasteiger partial charge in [-0.2, -0.15) is 0 Å². The van der Waals surface area contributed by atoms with E-state index in [-0.39, 0.29) is 32.1 Å². The van der Waals surface area contributed by atoms with Crippen LogP contribution < -0.4 is 5.32 Å². The average Bonchev–Trinajstić information content (AvgIpc) is 3.23. The Morgan fingerprint density at radius 1 is 0.517 bits per heavy atom. The van der Waals surface area contributed by atoms with Gasteiger partial charge in [0.15, 0.2) is 0 Å². The van der Waals surface area contributed by atoms with Crippen LogP contribution in [0.5, 0.6) is 0 Å². The molecule has 0 rings (SSSR count). The van der Waals surface area contributed by atoms with E-state index in [9.17, 15) is 24.2 Å². The van der Waals surface area contributed by atoms with Crippen LogP contribution in [0, 0.1) is 0 Å². The van der Waals surface area contributed by atoms with Crippen molar-refractivity contribution in [3.05, 3.63) is 48.6 Å². The molecule has 2 atom stereocenters. The molecule has 0 spiro atoms.